The van der Waals surface area contributed by atoms with E-state index >= 15 is 0 Å². The Balaban J connectivity index is 2.04. The molecule has 1 amide bonds. The van der Waals surface area contributed by atoms with Crippen LogP contribution in [-0.4, -0.2) is 31.4 Å². The topological polar surface area (TPSA) is 55.4 Å². The van der Waals surface area contributed by atoms with Gasteiger partial charge >= 0.3 is 0 Å². The van der Waals surface area contributed by atoms with Crippen LogP contribution in [0.15, 0.2) is 24.3 Å². The van der Waals surface area contributed by atoms with Crippen LogP contribution in [0.25, 0.3) is 0 Å². The van der Waals surface area contributed by atoms with Gasteiger partial charge in [-0.2, -0.15) is 0 Å². The first-order chi connectivity index (χ1) is 9.61. The van der Waals surface area contributed by atoms with Gasteiger partial charge in [0.1, 0.15) is 0 Å². The average molecular weight is 275 g/mol. The zero-order valence-electron chi connectivity index (χ0n) is 12.0. The summed E-state index contributed by atoms with van der Waals surface area (Å²) in [5, 5.41) is 3.07. The van der Waals surface area contributed by atoms with Gasteiger partial charge in [0.25, 0.3) is 5.91 Å². The number of carbonyl (C=O) groups is 2. The second-order valence-corrected chi connectivity index (χ2v) is 5.36. The van der Waals surface area contributed by atoms with E-state index in [1.54, 1.807) is 31.4 Å². The third-order valence-corrected chi connectivity index (χ3v) is 3.89. The van der Waals surface area contributed by atoms with Gasteiger partial charge in [0.15, 0.2) is 5.78 Å². The van der Waals surface area contributed by atoms with Crippen LogP contribution < -0.4 is 5.32 Å². The summed E-state index contributed by atoms with van der Waals surface area (Å²) in [6, 6.07) is 7.03. The molecule has 1 saturated carbocycles. The van der Waals surface area contributed by atoms with Gasteiger partial charge in [-0.3, -0.25) is 9.59 Å². The van der Waals surface area contributed by atoms with Gasteiger partial charge in [0, 0.05) is 30.2 Å². The summed E-state index contributed by atoms with van der Waals surface area (Å²) in [6.45, 7) is 2.18. The fourth-order valence-electron chi connectivity index (χ4n) is 2.77. The lowest BCUT2D eigenvalue weighted by Gasteiger charge is -2.20. The average Bonchev–Trinajstić information content (AvgIpc) is 2.86. The molecule has 108 valence electrons. The molecule has 0 bridgehead atoms. The first kappa shape index (κ1) is 14.7. The van der Waals surface area contributed by atoms with Crippen molar-refractivity contribution in [3.63, 3.8) is 0 Å². The van der Waals surface area contributed by atoms with E-state index in [0.29, 0.717) is 23.7 Å². The van der Waals surface area contributed by atoms with E-state index in [4.69, 9.17) is 4.74 Å². The number of hydrogen-bond donors (Lipinski definition) is 1. The van der Waals surface area contributed by atoms with Gasteiger partial charge in [-0.15, -0.1) is 0 Å². The lowest BCUT2D eigenvalue weighted by Crippen LogP contribution is -2.38. The predicted molar refractivity (Wildman–Crippen MR) is 76.9 cm³/mol. The van der Waals surface area contributed by atoms with Crippen LogP contribution >= 0.6 is 0 Å². The number of benzene rings is 1. The van der Waals surface area contributed by atoms with Crippen molar-refractivity contribution in [1.29, 1.82) is 0 Å². The van der Waals surface area contributed by atoms with Crippen LogP contribution in [0.2, 0.25) is 0 Å². The van der Waals surface area contributed by atoms with Gasteiger partial charge in [0.2, 0.25) is 0 Å². The molecule has 0 saturated heterocycles. The van der Waals surface area contributed by atoms with E-state index < -0.39 is 0 Å². The minimum Gasteiger partial charge on any atom is -0.384 e. The SMILES string of the molecule is COC[C@H]1CCC[C@H]1NC(=O)c1cccc(C(C)=O)c1. The van der Waals surface area contributed by atoms with Crippen LogP contribution in [0.3, 0.4) is 0 Å². The van der Waals surface area contributed by atoms with Crippen molar-refractivity contribution in [3.05, 3.63) is 35.4 Å². The minimum atomic E-state index is -0.110. The van der Waals surface area contributed by atoms with Crippen molar-refractivity contribution in [1.82, 2.24) is 5.32 Å². The molecule has 1 aliphatic rings. The molecule has 1 aliphatic carbocycles. The second kappa shape index (κ2) is 6.66. The number of hydrogen-bond acceptors (Lipinski definition) is 3. The van der Waals surface area contributed by atoms with E-state index in [2.05, 4.69) is 5.32 Å². The molecule has 0 heterocycles. The lowest BCUT2D eigenvalue weighted by molar-refractivity contribution is 0.0898. The quantitative estimate of drug-likeness (QED) is 0.840. The zero-order valence-corrected chi connectivity index (χ0v) is 12.0. The lowest BCUT2D eigenvalue weighted by atomic mass is 10.0. The number of amides is 1. The van der Waals surface area contributed by atoms with Gasteiger partial charge in [-0.25, -0.2) is 0 Å². The Kier molecular flexibility index (Phi) is 4.90. The van der Waals surface area contributed by atoms with Crippen LogP contribution in [0.1, 0.15) is 46.9 Å². The molecular weight excluding hydrogens is 254 g/mol. The monoisotopic (exact) mass is 275 g/mol. The molecule has 1 aromatic carbocycles. The highest BCUT2D eigenvalue weighted by Crippen LogP contribution is 2.26. The van der Waals surface area contributed by atoms with Gasteiger partial charge < -0.3 is 10.1 Å². The molecule has 0 unspecified atom stereocenters. The van der Waals surface area contributed by atoms with Crippen molar-refractivity contribution in [3.8, 4) is 0 Å². The summed E-state index contributed by atoms with van der Waals surface area (Å²) in [6.07, 6.45) is 3.20. The number of carbonyl (C=O) groups excluding carboxylic acids is 2. The summed E-state index contributed by atoms with van der Waals surface area (Å²) >= 11 is 0. The highest BCUT2D eigenvalue weighted by molar-refractivity contribution is 5.99. The van der Waals surface area contributed by atoms with Crippen molar-refractivity contribution < 1.29 is 14.3 Å². The van der Waals surface area contributed by atoms with Crippen molar-refractivity contribution in [2.24, 2.45) is 5.92 Å². The van der Waals surface area contributed by atoms with E-state index in [1.165, 1.54) is 6.92 Å². The summed E-state index contributed by atoms with van der Waals surface area (Å²) < 4.78 is 5.20. The van der Waals surface area contributed by atoms with E-state index in [1.807, 2.05) is 0 Å². The third-order valence-electron chi connectivity index (χ3n) is 3.89. The molecule has 0 spiro atoms. The Morgan fingerprint density at radius 2 is 2.05 bits per heavy atom. The fraction of sp³-hybridized carbons (Fsp3) is 0.500. The zero-order chi connectivity index (χ0) is 14.5. The normalized spacial score (nSPS) is 21.7. The first-order valence-electron chi connectivity index (χ1n) is 7.02. The smallest absolute Gasteiger partial charge is 0.251 e. The minimum absolute atomic E-state index is 0.0298. The predicted octanol–water partition coefficient (Wildman–Crippen LogP) is 2.43. The van der Waals surface area contributed by atoms with Crippen LogP contribution in [0.5, 0.6) is 0 Å². The third kappa shape index (κ3) is 3.45. The Labute approximate surface area is 119 Å². The fourth-order valence-corrected chi connectivity index (χ4v) is 2.77. The molecule has 0 aromatic heterocycles. The van der Waals surface area contributed by atoms with E-state index in [0.717, 1.165) is 19.3 Å². The molecular formula is C16H21NO3. The Morgan fingerprint density at radius 3 is 2.75 bits per heavy atom. The molecule has 1 aromatic rings. The molecule has 2 atom stereocenters. The molecule has 4 nitrogen and oxygen atoms in total. The molecule has 2 rings (SSSR count). The molecule has 20 heavy (non-hydrogen) atoms. The van der Waals surface area contributed by atoms with Crippen molar-refractivity contribution >= 4 is 11.7 Å². The Bertz CT molecular complexity index is 498. The van der Waals surface area contributed by atoms with Crippen LogP contribution in [0.4, 0.5) is 0 Å². The summed E-state index contributed by atoms with van der Waals surface area (Å²) in [5.74, 6) is 0.249. The van der Waals surface area contributed by atoms with Gasteiger partial charge in [0.05, 0.1) is 6.61 Å². The molecule has 0 aliphatic heterocycles. The van der Waals surface area contributed by atoms with Gasteiger partial charge in [-0.1, -0.05) is 18.6 Å². The molecule has 1 N–H and O–H groups in total. The maximum Gasteiger partial charge on any atom is 0.251 e. The number of ketones is 1. The summed E-state index contributed by atoms with van der Waals surface area (Å²) in [5.41, 5.74) is 1.11. The Hall–Kier alpha value is -1.68. The largest absolute Gasteiger partial charge is 0.384 e. The van der Waals surface area contributed by atoms with E-state index in [-0.39, 0.29) is 17.7 Å². The highest BCUT2D eigenvalue weighted by atomic mass is 16.5. The van der Waals surface area contributed by atoms with Crippen LogP contribution in [-0.2, 0) is 4.74 Å². The number of rotatable bonds is 5. The maximum atomic E-state index is 12.3. The number of ether oxygens (including phenoxy) is 1. The summed E-state index contributed by atoms with van der Waals surface area (Å²) in [4.78, 5) is 23.6. The van der Waals surface area contributed by atoms with Crippen LogP contribution in [0, 0.1) is 5.92 Å². The van der Waals surface area contributed by atoms with Crippen molar-refractivity contribution in [2.45, 2.75) is 32.2 Å². The second-order valence-electron chi connectivity index (χ2n) is 5.36. The molecule has 1 fully saturated rings. The van der Waals surface area contributed by atoms with Crippen molar-refractivity contribution in [2.75, 3.05) is 13.7 Å². The molecule has 0 radical (unpaired) electrons. The van der Waals surface area contributed by atoms with Gasteiger partial charge in [-0.05, 0) is 31.9 Å². The first-order valence-corrected chi connectivity index (χ1v) is 7.02. The maximum absolute atomic E-state index is 12.3. The summed E-state index contributed by atoms with van der Waals surface area (Å²) in [7, 11) is 1.69. The Morgan fingerprint density at radius 1 is 1.30 bits per heavy atom. The highest BCUT2D eigenvalue weighted by Gasteiger charge is 2.28. The standard InChI is InChI=1S/C16H21NO3/c1-11(18)12-5-3-6-13(9-12)16(19)17-15-8-4-7-14(15)10-20-2/h3,5-6,9,14-15H,4,7-8,10H2,1-2H3,(H,17,19)/t14-,15-/m1/s1. The molecule has 4 heteroatoms. The van der Waals surface area contributed by atoms with E-state index in [9.17, 15) is 9.59 Å². The number of methoxy groups -OCH3 is 1. The number of nitrogens with one attached hydrogen (secondary N) is 1. The number of Topliss-reactive ketones (excluding diaryl/α,β-unsaturated/α-hetero) is 1.